The van der Waals surface area contributed by atoms with Crippen LogP contribution in [0.15, 0.2) is 36.5 Å². The van der Waals surface area contributed by atoms with Crippen molar-refractivity contribution in [2.24, 2.45) is 0 Å². The number of carbonyl (C=O) groups excluding carboxylic acids is 1. The summed E-state index contributed by atoms with van der Waals surface area (Å²) in [4.78, 5) is 15.9. The van der Waals surface area contributed by atoms with Crippen molar-refractivity contribution >= 4 is 17.0 Å². The summed E-state index contributed by atoms with van der Waals surface area (Å²) >= 11 is 0. The first-order chi connectivity index (χ1) is 10.4. The first kappa shape index (κ1) is 16.2. The van der Waals surface area contributed by atoms with Crippen molar-refractivity contribution in [2.75, 3.05) is 6.54 Å². The minimum Gasteiger partial charge on any atom is -0.444 e. The number of pyridine rings is 1. The molecule has 118 valence electrons. The summed E-state index contributed by atoms with van der Waals surface area (Å²) in [5, 5.41) is 14.0. The van der Waals surface area contributed by atoms with E-state index >= 15 is 0 Å². The molecule has 1 atom stereocenters. The second kappa shape index (κ2) is 6.75. The molecule has 0 aliphatic carbocycles. The second-order valence-electron chi connectivity index (χ2n) is 6.16. The fraction of sp³-hybridized carbons (Fsp3) is 0.412. The Morgan fingerprint density at radius 3 is 2.77 bits per heavy atom. The van der Waals surface area contributed by atoms with E-state index in [0.717, 1.165) is 16.5 Å². The zero-order chi connectivity index (χ0) is 16.2. The van der Waals surface area contributed by atoms with Crippen molar-refractivity contribution in [1.29, 1.82) is 0 Å². The average molecular weight is 302 g/mol. The molecule has 0 saturated carbocycles. The van der Waals surface area contributed by atoms with Gasteiger partial charge in [-0.3, -0.25) is 4.98 Å². The maximum absolute atomic E-state index is 11.6. The molecular formula is C17H22N2O3. The number of hydrogen-bond donors (Lipinski definition) is 2. The van der Waals surface area contributed by atoms with E-state index in [-0.39, 0.29) is 0 Å². The van der Waals surface area contributed by atoms with Gasteiger partial charge in [-0.1, -0.05) is 24.3 Å². The molecular weight excluding hydrogens is 280 g/mol. The Morgan fingerprint density at radius 1 is 1.32 bits per heavy atom. The predicted octanol–water partition coefficient (Wildman–Crippen LogP) is 3.18. The van der Waals surface area contributed by atoms with Gasteiger partial charge in [0.2, 0.25) is 0 Å². The van der Waals surface area contributed by atoms with Crippen molar-refractivity contribution in [3.8, 4) is 0 Å². The van der Waals surface area contributed by atoms with Gasteiger partial charge in [0.25, 0.3) is 0 Å². The van der Waals surface area contributed by atoms with Gasteiger partial charge in [0, 0.05) is 23.7 Å². The topological polar surface area (TPSA) is 71.5 Å². The van der Waals surface area contributed by atoms with Crippen molar-refractivity contribution in [3.63, 3.8) is 0 Å². The number of aliphatic hydroxyl groups excluding tert-OH is 1. The van der Waals surface area contributed by atoms with E-state index < -0.39 is 17.8 Å². The molecule has 0 fully saturated rings. The average Bonchev–Trinajstić information content (AvgIpc) is 2.44. The van der Waals surface area contributed by atoms with E-state index in [1.807, 2.05) is 51.1 Å². The molecule has 1 heterocycles. The third-order valence-corrected chi connectivity index (χ3v) is 3.11. The van der Waals surface area contributed by atoms with Crippen LogP contribution in [0.5, 0.6) is 0 Å². The molecule has 0 saturated heterocycles. The largest absolute Gasteiger partial charge is 0.444 e. The normalized spacial score (nSPS) is 12.9. The summed E-state index contributed by atoms with van der Waals surface area (Å²) in [5.41, 5.74) is 1.03. The zero-order valence-electron chi connectivity index (χ0n) is 13.2. The van der Waals surface area contributed by atoms with Gasteiger partial charge in [0.15, 0.2) is 0 Å². The number of benzene rings is 1. The number of carbonyl (C=O) groups is 1. The number of rotatable bonds is 4. The highest BCUT2D eigenvalue weighted by atomic mass is 16.6. The molecule has 1 unspecified atom stereocenters. The number of para-hydroxylation sites is 1. The Kier molecular flexibility index (Phi) is 4.98. The van der Waals surface area contributed by atoms with Crippen LogP contribution in [0.25, 0.3) is 10.9 Å². The summed E-state index contributed by atoms with van der Waals surface area (Å²) in [6, 6.07) is 9.52. The summed E-state index contributed by atoms with van der Waals surface area (Å²) in [7, 11) is 0. The van der Waals surface area contributed by atoms with E-state index in [1.165, 1.54) is 0 Å². The number of alkyl carbamates (subject to hydrolysis) is 1. The molecule has 1 aromatic carbocycles. The van der Waals surface area contributed by atoms with Crippen LogP contribution in [-0.4, -0.2) is 28.3 Å². The maximum Gasteiger partial charge on any atom is 0.407 e. The Bertz CT molecular complexity index is 644. The van der Waals surface area contributed by atoms with Gasteiger partial charge >= 0.3 is 6.09 Å². The summed E-state index contributed by atoms with van der Waals surface area (Å²) in [6.45, 7) is 5.76. The van der Waals surface area contributed by atoms with Gasteiger partial charge in [-0.25, -0.2) is 4.79 Å². The lowest BCUT2D eigenvalue weighted by atomic mass is 10.0. The van der Waals surface area contributed by atoms with Gasteiger partial charge in [-0.05, 0) is 33.3 Å². The van der Waals surface area contributed by atoms with E-state index in [1.54, 1.807) is 6.20 Å². The monoisotopic (exact) mass is 302 g/mol. The highest BCUT2D eigenvalue weighted by Crippen LogP contribution is 2.24. The van der Waals surface area contributed by atoms with Gasteiger partial charge in [-0.15, -0.1) is 0 Å². The molecule has 2 aromatic rings. The maximum atomic E-state index is 11.6. The van der Waals surface area contributed by atoms with E-state index in [4.69, 9.17) is 4.74 Å². The minimum absolute atomic E-state index is 0.333. The number of nitrogens with zero attached hydrogens (tertiary/aromatic N) is 1. The highest BCUT2D eigenvalue weighted by molar-refractivity contribution is 5.81. The fourth-order valence-corrected chi connectivity index (χ4v) is 2.18. The molecule has 0 spiro atoms. The molecule has 1 aromatic heterocycles. The van der Waals surface area contributed by atoms with Crippen molar-refractivity contribution in [1.82, 2.24) is 10.3 Å². The van der Waals surface area contributed by atoms with Crippen LogP contribution < -0.4 is 5.32 Å². The van der Waals surface area contributed by atoms with Gasteiger partial charge in [-0.2, -0.15) is 0 Å². The van der Waals surface area contributed by atoms with Crippen LogP contribution in [0.1, 0.15) is 38.9 Å². The molecule has 2 N–H and O–H groups in total. The number of aliphatic hydroxyl groups is 1. The van der Waals surface area contributed by atoms with Crippen LogP contribution in [0.3, 0.4) is 0 Å². The molecule has 0 bridgehead atoms. The number of nitrogens with one attached hydrogen (secondary N) is 1. The Labute approximate surface area is 130 Å². The lowest BCUT2D eigenvalue weighted by Crippen LogP contribution is -2.33. The summed E-state index contributed by atoms with van der Waals surface area (Å²) < 4.78 is 5.15. The number of hydrogen-bond acceptors (Lipinski definition) is 4. The molecule has 1 amide bonds. The molecule has 0 aliphatic rings. The van der Waals surface area contributed by atoms with E-state index in [2.05, 4.69) is 10.3 Å². The number of ether oxygens (including phenoxy) is 1. The smallest absolute Gasteiger partial charge is 0.407 e. The molecule has 22 heavy (non-hydrogen) atoms. The Balaban J connectivity index is 1.95. The standard InChI is InChI=1S/C17H22N2O3/c1-17(2,3)22-16(21)19-11-9-14(20)13-8-4-6-12-7-5-10-18-15(12)13/h4-8,10,14,20H,9,11H2,1-3H3,(H,19,21). The fourth-order valence-electron chi connectivity index (χ4n) is 2.18. The van der Waals surface area contributed by atoms with Crippen molar-refractivity contribution in [3.05, 3.63) is 42.1 Å². The second-order valence-corrected chi connectivity index (χ2v) is 6.16. The summed E-state index contributed by atoms with van der Waals surface area (Å²) in [5.74, 6) is 0. The van der Waals surface area contributed by atoms with E-state index in [9.17, 15) is 9.90 Å². The number of amides is 1. The predicted molar refractivity (Wildman–Crippen MR) is 85.6 cm³/mol. The molecule has 0 radical (unpaired) electrons. The lowest BCUT2D eigenvalue weighted by molar-refractivity contribution is 0.0518. The lowest BCUT2D eigenvalue weighted by Gasteiger charge is -2.20. The minimum atomic E-state index is -0.687. The first-order valence-electron chi connectivity index (χ1n) is 7.35. The third-order valence-electron chi connectivity index (χ3n) is 3.11. The van der Waals surface area contributed by atoms with E-state index in [0.29, 0.717) is 13.0 Å². The Hall–Kier alpha value is -2.14. The highest BCUT2D eigenvalue weighted by Gasteiger charge is 2.17. The van der Waals surface area contributed by atoms with Crippen LogP contribution in [0.4, 0.5) is 4.79 Å². The van der Waals surface area contributed by atoms with Gasteiger partial charge < -0.3 is 15.2 Å². The molecule has 5 nitrogen and oxygen atoms in total. The molecule has 2 rings (SSSR count). The quantitative estimate of drug-likeness (QED) is 0.910. The Morgan fingerprint density at radius 2 is 2.05 bits per heavy atom. The first-order valence-corrected chi connectivity index (χ1v) is 7.35. The SMILES string of the molecule is CC(C)(C)OC(=O)NCCC(O)c1cccc2cccnc12. The van der Waals surface area contributed by atoms with Gasteiger partial charge in [0.05, 0.1) is 11.6 Å². The van der Waals surface area contributed by atoms with Crippen molar-refractivity contribution < 1.29 is 14.6 Å². The number of aromatic nitrogens is 1. The van der Waals surface area contributed by atoms with Crippen LogP contribution in [-0.2, 0) is 4.74 Å². The zero-order valence-corrected chi connectivity index (χ0v) is 13.2. The number of fused-ring (bicyclic) bond motifs is 1. The van der Waals surface area contributed by atoms with Crippen LogP contribution in [0, 0.1) is 0 Å². The molecule has 5 heteroatoms. The molecule has 0 aliphatic heterocycles. The third kappa shape index (κ3) is 4.43. The van der Waals surface area contributed by atoms with Crippen LogP contribution >= 0.6 is 0 Å². The van der Waals surface area contributed by atoms with Crippen molar-refractivity contribution in [2.45, 2.75) is 38.9 Å². The summed E-state index contributed by atoms with van der Waals surface area (Å²) in [6.07, 6.45) is 0.941. The van der Waals surface area contributed by atoms with Crippen LogP contribution in [0.2, 0.25) is 0 Å². The van der Waals surface area contributed by atoms with Gasteiger partial charge in [0.1, 0.15) is 5.60 Å².